The Labute approximate surface area is 309 Å². The number of hydrogen-bond acceptors (Lipinski definition) is 2. The summed E-state index contributed by atoms with van der Waals surface area (Å²) in [5.74, 6) is 0. The van der Waals surface area contributed by atoms with Crippen LogP contribution in [0.4, 0.5) is 34.1 Å². The van der Waals surface area contributed by atoms with Crippen molar-refractivity contribution in [3.05, 3.63) is 214 Å². The Morgan fingerprint density at radius 1 is 0.269 bits per heavy atom. The minimum Gasteiger partial charge on any atom is -0.311 e. The van der Waals surface area contributed by atoms with Gasteiger partial charge in [0.05, 0.1) is 0 Å². The lowest BCUT2D eigenvalue weighted by molar-refractivity contribution is 1.26. The van der Waals surface area contributed by atoms with E-state index < -0.39 is 0 Å². The molecule has 7 rings (SSSR count). The summed E-state index contributed by atoms with van der Waals surface area (Å²) in [6.45, 7) is 8.51. The Kier molecular flexibility index (Phi) is 10.3. The molecule has 0 saturated heterocycles. The zero-order valence-corrected chi connectivity index (χ0v) is 30.4. The van der Waals surface area contributed by atoms with Crippen LogP contribution >= 0.6 is 0 Å². The van der Waals surface area contributed by atoms with Crippen molar-refractivity contribution in [3.8, 4) is 0 Å². The lowest BCUT2D eigenvalue weighted by Gasteiger charge is -2.26. The molecule has 0 amide bonds. The van der Waals surface area contributed by atoms with Gasteiger partial charge in [-0.1, -0.05) is 138 Å². The molecule has 0 radical (unpaired) electrons. The molecule has 0 fully saturated rings. The van der Waals surface area contributed by atoms with Crippen molar-refractivity contribution in [1.82, 2.24) is 0 Å². The maximum absolute atomic E-state index is 2.31. The molecule has 0 heterocycles. The molecule has 0 unspecified atom stereocenters. The van der Waals surface area contributed by atoms with Crippen molar-refractivity contribution in [1.29, 1.82) is 0 Å². The van der Waals surface area contributed by atoms with Gasteiger partial charge in [-0.2, -0.15) is 0 Å². The van der Waals surface area contributed by atoms with Crippen LogP contribution in [0.15, 0.2) is 170 Å². The van der Waals surface area contributed by atoms with Gasteiger partial charge in [0.1, 0.15) is 0 Å². The molecule has 2 nitrogen and oxygen atoms in total. The van der Waals surface area contributed by atoms with E-state index in [0.29, 0.717) is 0 Å². The summed E-state index contributed by atoms with van der Waals surface area (Å²) < 4.78 is 0. The van der Waals surface area contributed by atoms with Gasteiger partial charge in [-0.3, -0.25) is 0 Å². The molecular formula is C50H44N2. The number of nitrogens with zero attached hydrogens (tertiary/aromatic N) is 2. The Morgan fingerprint density at radius 2 is 0.538 bits per heavy atom. The van der Waals surface area contributed by atoms with E-state index in [0.717, 1.165) is 45.3 Å². The van der Waals surface area contributed by atoms with E-state index in [9.17, 15) is 0 Å². The first-order chi connectivity index (χ1) is 25.4. The third-order valence-electron chi connectivity index (χ3n) is 9.31. The minimum absolute atomic E-state index is 1.13. The Hall–Kier alpha value is -6.38. The maximum Gasteiger partial charge on any atom is 0.0464 e. The molecule has 254 valence electrons. The van der Waals surface area contributed by atoms with Crippen LogP contribution in [0.25, 0.3) is 24.3 Å². The lowest BCUT2D eigenvalue weighted by Crippen LogP contribution is -2.10. The topological polar surface area (TPSA) is 6.48 Å². The summed E-state index contributed by atoms with van der Waals surface area (Å²) >= 11 is 0. The molecule has 0 spiro atoms. The molecule has 52 heavy (non-hydrogen) atoms. The van der Waals surface area contributed by atoms with Crippen molar-refractivity contribution in [2.75, 3.05) is 9.80 Å². The quantitative estimate of drug-likeness (QED) is 0.133. The van der Waals surface area contributed by atoms with E-state index in [2.05, 4.69) is 232 Å². The van der Waals surface area contributed by atoms with Gasteiger partial charge in [-0.05, 0) is 128 Å². The highest BCUT2D eigenvalue weighted by atomic mass is 15.1. The molecular weight excluding hydrogens is 629 g/mol. The molecule has 0 aliphatic carbocycles. The molecule has 0 aliphatic rings. The minimum atomic E-state index is 1.13. The van der Waals surface area contributed by atoms with Gasteiger partial charge < -0.3 is 9.80 Å². The molecule has 0 saturated carbocycles. The predicted molar refractivity (Wildman–Crippen MR) is 225 cm³/mol. The summed E-state index contributed by atoms with van der Waals surface area (Å²) in [6, 6.07) is 61.0. The SMILES string of the molecule is Cc1ccc(N(c2ccc(C)cc2)c2ccc(C=Cc3ccc(C=Cc4ccc(N(c5ccc(C)cc5)c5cccc(C)c5)cc4)cc3)cc2)cc1. The fourth-order valence-corrected chi connectivity index (χ4v) is 6.32. The van der Waals surface area contributed by atoms with Crippen molar-refractivity contribution < 1.29 is 0 Å². The highest BCUT2D eigenvalue weighted by molar-refractivity contribution is 5.80. The van der Waals surface area contributed by atoms with Crippen LogP contribution in [-0.2, 0) is 0 Å². The molecule has 7 aromatic carbocycles. The fourth-order valence-electron chi connectivity index (χ4n) is 6.32. The van der Waals surface area contributed by atoms with E-state index >= 15 is 0 Å². The second-order valence-corrected chi connectivity index (χ2v) is 13.5. The first-order valence-corrected chi connectivity index (χ1v) is 17.9. The van der Waals surface area contributed by atoms with Gasteiger partial charge >= 0.3 is 0 Å². The molecule has 0 N–H and O–H groups in total. The van der Waals surface area contributed by atoms with Crippen molar-refractivity contribution in [2.24, 2.45) is 0 Å². The van der Waals surface area contributed by atoms with Gasteiger partial charge in [0.2, 0.25) is 0 Å². The summed E-state index contributed by atoms with van der Waals surface area (Å²) in [7, 11) is 0. The van der Waals surface area contributed by atoms with Crippen LogP contribution in [0.5, 0.6) is 0 Å². The predicted octanol–water partition coefficient (Wildman–Crippen LogP) is 14.2. The second kappa shape index (κ2) is 15.7. The first-order valence-electron chi connectivity index (χ1n) is 17.9. The average Bonchev–Trinajstić information content (AvgIpc) is 3.17. The third-order valence-corrected chi connectivity index (χ3v) is 9.31. The highest BCUT2D eigenvalue weighted by Gasteiger charge is 2.13. The third kappa shape index (κ3) is 8.31. The Morgan fingerprint density at radius 3 is 0.846 bits per heavy atom. The van der Waals surface area contributed by atoms with Crippen molar-refractivity contribution in [3.63, 3.8) is 0 Å². The second-order valence-electron chi connectivity index (χ2n) is 13.5. The normalized spacial score (nSPS) is 11.3. The Balaban J connectivity index is 1.02. The molecule has 7 aromatic rings. The van der Waals surface area contributed by atoms with Gasteiger partial charge in [0, 0.05) is 34.1 Å². The maximum atomic E-state index is 2.31. The molecule has 0 aliphatic heterocycles. The van der Waals surface area contributed by atoms with Gasteiger partial charge in [0.25, 0.3) is 0 Å². The number of hydrogen-bond donors (Lipinski definition) is 0. The van der Waals surface area contributed by atoms with Crippen molar-refractivity contribution in [2.45, 2.75) is 27.7 Å². The molecule has 2 heteroatoms. The number of anilines is 6. The van der Waals surface area contributed by atoms with E-state index in [-0.39, 0.29) is 0 Å². The van der Waals surface area contributed by atoms with E-state index in [1.165, 1.54) is 33.4 Å². The Bertz CT molecular complexity index is 2230. The van der Waals surface area contributed by atoms with Crippen LogP contribution in [-0.4, -0.2) is 0 Å². The number of benzene rings is 7. The van der Waals surface area contributed by atoms with E-state index in [1.54, 1.807) is 0 Å². The van der Waals surface area contributed by atoms with Gasteiger partial charge in [0.15, 0.2) is 0 Å². The van der Waals surface area contributed by atoms with E-state index in [4.69, 9.17) is 0 Å². The summed E-state index contributed by atoms with van der Waals surface area (Å²) in [6.07, 6.45) is 8.70. The first kappa shape index (κ1) is 34.1. The fraction of sp³-hybridized carbons (Fsp3) is 0.0800. The van der Waals surface area contributed by atoms with Crippen LogP contribution < -0.4 is 9.80 Å². The zero-order valence-electron chi connectivity index (χ0n) is 30.4. The smallest absolute Gasteiger partial charge is 0.0464 e. The largest absolute Gasteiger partial charge is 0.311 e. The van der Waals surface area contributed by atoms with Crippen LogP contribution in [0, 0.1) is 27.7 Å². The zero-order chi connectivity index (χ0) is 35.9. The number of rotatable bonds is 10. The standard InChI is InChI=1S/C50H44N2/c1-37-8-26-45(27-9-37)51(46-28-10-38(2)11-29-46)48-32-22-43(23-33-48)20-18-41-14-16-42(17-15-41)19-21-44-24-34-49(35-25-44)52(47-30-12-39(3)13-31-47)50-7-5-6-40(4)36-50/h5-36H,1-4H3. The molecule has 0 atom stereocenters. The summed E-state index contributed by atoms with van der Waals surface area (Å²) in [5, 5.41) is 0. The van der Waals surface area contributed by atoms with Gasteiger partial charge in [-0.25, -0.2) is 0 Å². The van der Waals surface area contributed by atoms with Crippen LogP contribution in [0.3, 0.4) is 0 Å². The summed E-state index contributed by atoms with van der Waals surface area (Å²) in [5.41, 5.74) is 16.5. The molecule has 0 aromatic heterocycles. The van der Waals surface area contributed by atoms with Crippen LogP contribution in [0.1, 0.15) is 44.5 Å². The number of aryl methyl sites for hydroxylation is 4. The van der Waals surface area contributed by atoms with Gasteiger partial charge in [-0.15, -0.1) is 0 Å². The lowest BCUT2D eigenvalue weighted by atomic mass is 10.1. The average molecular weight is 673 g/mol. The molecule has 0 bridgehead atoms. The van der Waals surface area contributed by atoms with E-state index in [1.807, 2.05) is 0 Å². The summed E-state index contributed by atoms with van der Waals surface area (Å²) in [4.78, 5) is 4.62. The van der Waals surface area contributed by atoms with Crippen LogP contribution in [0.2, 0.25) is 0 Å². The van der Waals surface area contributed by atoms with Crippen molar-refractivity contribution >= 4 is 58.4 Å². The monoisotopic (exact) mass is 672 g/mol. The highest BCUT2D eigenvalue weighted by Crippen LogP contribution is 2.36.